The van der Waals surface area contributed by atoms with E-state index in [9.17, 15) is 9.59 Å². The maximum atomic E-state index is 12.0. The Balaban J connectivity index is 2.02. The first-order valence-electron chi connectivity index (χ1n) is 5.76. The number of carbonyl (C=O) groups excluding carboxylic acids is 1. The van der Waals surface area contributed by atoms with Gasteiger partial charge in [0, 0.05) is 25.6 Å². The normalized spacial score (nSPS) is 27.6. The van der Waals surface area contributed by atoms with Crippen LogP contribution in [0.2, 0.25) is 0 Å². The fraction of sp³-hybridized carbons (Fsp3) is 0.583. The molecule has 0 radical (unpaired) electrons. The third-order valence-corrected chi connectivity index (χ3v) is 3.49. The molecule has 2 fully saturated rings. The van der Waals surface area contributed by atoms with Crippen molar-refractivity contribution in [3.05, 3.63) is 18.4 Å². The van der Waals surface area contributed by atoms with Crippen molar-refractivity contribution in [3.63, 3.8) is 0 Å². The number of hydrogen-bond acceptors (Lipinski definition) is 2. The van der Waals surface area contributed by atoms with Gasteiger partial charge in [-0.05, 0) is 18.9 Å². The van der Waals surface area contributed by atoms with Gasteiger partial charge in [-0.15, -0.1) is 5.73 Å². The predicted molar refractivity (Wildman–Crippen MR) is 61.5 cm³/mol. The van der Waals surface area contributed by atoms with Crippen LogP contribution in [0.15, 0.2) is 18.4 Å². The van der Waals surface area contributed by atoms with E-state index in [0.29, 0.717) is 26.1 Å². The summed E-state index contributed by atoms with van der Waals surface area (Å²) in [4.78, 5) is 26.1. The van der Waals surface area contributed by atoms with E-state index in [4.69, 9.17) is 5.11 Å². The quantitative estimate of drug-likeness (QED) is 0.725. The molecule has 17 heavy (non-hydrogen) atoms. The van der Waals surface area contributed by atoms with Gasteiger partial charge in [0.1, 0.15) is 0 Å². The van der Waals surface area contributed by atoms with Crippen LogP contribution in [-0.2, 0) is 4.79 Å². The van der Waals surface area contributed by atoms with Gasteiger partial charge in [0.2, 0.25) is 5.91 Å². The molecule has 2 rings (SSSR count). The number of amides is 2. The third kappa shape index (κ3) is 2.19. The van der Waals surface area contributed by atoms with E-state index in [2.05, 4.69) is 12.3 Å². The number of hydrogen-bond donors (Lipinski definition) is 1. The Kier molecular flexibility index (Phi) is 3.20. The van der Waals surface area contributed by atoms with Crippen LogP contribution in [0, 0.1) is 5.92 Å². The van der Waals surface area contributed by atoms with E-state index in [1.165, 1.54) is 4.90 Å². The minimum atomic E-state index is -0.897. The number of piperazine rings is 1. The number of carboxylic acid groups (broad SMARTS) is 1. The lowest BCUT2D eigenvalue weighted by molar-refractivity contribution is -0.133. The molecule has 0 aromatic rings. The van der Waals surface area contributed by atoms with E-state index in [-0.39, 0.29) is 17.9 Å². The van der Waals surface area contributed by atoms with E-state index >= 15 is 0 Å². The van der Waals surface area contributed by atoms with Crippen LogP contribution in [0.5, 0.6) is 0 Å². The van der Waals surface area contributed by atoms with Crippen LogP contribution >= 0.6 is 0 Å². The molecule has 0 unspecified atom stereocenters. The summed E-state index contributed by atoms with van der Waals surface area (Å²) in [6.45, 7) is 4.86. The largest absolute Gasteiger partial charge is 0.465 e. The first-order chi connectivity index (χ1) is 8.13. The molecule has 0 saturated carbocycles. The zero-order chi connectivity index (χ0) is 12.4. The first kappa shape index (κ1) is 11.7. The van der Waals surface area contributed by atoms with Crippen molar-refractivity contribution in [2.75, 3.05) is 19.6 Å². The molecule has 5 nitrogen and oxygen atoms in total. The molecule has 0 aromatic carbocycles. The number of nitrogens with zero attached hydrogens (tertiary/aromatic N) is 2. The molecule has 0 aliphatic carbocycles. The highest BCUT2D eigenvalue weighted by Gasteiger charge is 2.42. The van der Waals surface area contributed by atoms with Gasteiger partial charge in [-0.1, -0.05) is 6.58 Å². The Morgan fingerprint density at radius 3 is 3.00 bits per heavy atom. The van der Waals surface area contributed by atoms with Crippen LogP contribution < -0.4 is 0 Å². The Morgan fingerprint density at radius 2 is 2.35 bits per heavy atom. The minimum absolute atomic E-state index is 0.0250. The van der Waals surface area contributed by atoms with Gasteiger partial charge >= 0.3 is 6.09 Å². The molecule has 2 atom stereocenters. The first-order valence-corrected chi connectivity index (χ1v) is 5.76. The molecule has 2 heterocycles. The molecular weight excluding hydrogens is 220 g/mol. The Bertz CT molecular complexity index is 387. The van der Waals surface area contributed by atoms with Crippen molar-refractivity contribution in [3.8, 4) is 0 Å². The van der Waals surface area contributed by atoms with Crippen molar-refractivity contribution in [1.29, 1.82) is 0 Å². The van der Waals surface area contributed by atoms with Gasteiger partial charge in [0.15, 0.2) is 0 Å². The Hall–Kier alpha value is -1.74. The van der Waals surface area contributed by atoms with Crippen molar-refractivity contribution in [2.24, 2.45) is 5.92 Å². The molecule has 0 bridgehead atoms. The Labute approximate surface area is 100.0 Å². The van der Waals surface area contributed by atoms with Gasteiger partial charge < -0.3 is 14.9 Å². The molecule has 2 saturated heterocycles. The molecule has 92 valence electrons. The average Bonchev–Trinajstić information content (AvgIpc) is 2.63. The van der Waals surface area contributed by atoms with Crippen molar-refractivity contribution < 1.29 is 14.7 Å². The summed E-state index contributed by atoms with van der Waals surface area (Å²) in [6, 6.07) is 0.0514. The SMILES string of the molecule is C=C=CC[C@H]1C[C@H]2CN(C(=O)O)CCN2C1=O. The van der Waals surface area contributed by atoms with Crippen LogP contribution in [0.4, 0.5) is 4.79 Å². The molecule has 1 N–H and O–H groups in total. The maximum absolute atomic E-state index is 12.0. The predicted octanol–water partition coefficient (Wildman–Crippen LogP) is 0.928. The highest BCUT2D eigenvalue weighted by Crippen LogP contribution is 2.30. The highest BCUT2D eigenvalue weighted by molar-refractivity contribution is 5.82. The standard InChI is InChI=1S/C12H16N2O3/c1-2-3-4-9-7-10-8-13(12(16)17)5-6-14(10)11(9)15/h3,9-10H,1,4-8H2,(H,16,17)/t9-,10-/m0/s1. The van der Waals surface area contributed by atoms with Crippen LogP contribution in [-0.4, -0.2) is 52.6 Å². The third-order valence-electron chi connectivity index (χ3n) is 3.49. The lowest BCUT2D eigenvalue weighted by Crippen LogP contribution is -2.52. The Morgan fingerprint density at radius 1 is 1.59 bits per heavy atom. The van der Waals surface area contributed by atoms with E-state index < -0.39 is 6.09 Å². The zero-order valence-electron chi connectivity index (χ0n) is 9.63. The smallest absolute Gasteiger partial charge is 0.407 e. The lowest BCUT2D eigenvalue weighted by atomic mass is 10.0. The molecular formula is C12H16N2O3. The summed E-state index contributed by atoms with van der Waals surface area (Å²) in [5.74, 6) is 0.120. The zero-order valence-corrected chi connectivity index (χ0v) is 9.63. The van der Waals surface area contributed by atoms with Crippen molar-refractivity contribution in [1.82, 2.24) is 9.80 Å². The number of rotatable bonds is 2. The van der Waals surface area contributed by atoms with Gasteiger partial charge in [0.05, 0.1) is 6.04 Å². The minimum Gasteiger partial charge on any atom is -0.465 e. The summed E-state index contributed by atoms with van der Waals surface area (Å²) in [5.41, 5.74) is 2.67. The molecule has 2 aliphatic heterocycles. The van der Waals surface area contributed by atoms with E-state index in [1.807, 2.05) is 4.90 Å². The van der Waals surface area contributed by atoms with Gasteiger partial charge in [0.25, 0.3) is 0 Å². The highest BCUT2D eigenvalue weighted by atomic mass is 16.4. The van der Waals surface area contributed by atoms with Gasteiger partial charge in [-0.25, -0.2) is 4.79 Å². The number of allylic oxidation sites excluding steroid dienone is 1. The molecule has 0 aromatic heterocycles. The number of carbonyl (C=O) groups is 2. The van der Waals surface area contributed by atoms with Crippen molar-refractivity contribution in [2.45, 2.75) is 18.9 Å². The second-order valence-electron chi connectivity index (χ2n) is 4.49. The summed E-state index contributed by atoms with van der Waals surface area (Å²) in [6.07, 6.45) is 2.27. The second-order valence-corrected chi connectivity index (χ2v) is 4.49. The summed E-state index contributed by atoms with van der Waals surface area (Å²) in [5, 5.41) is 8.93. The van der Waals surface area contributed by atoms with Gasteiger partial charge in [-0.3, -0.25) is 4.79 Å². The monoisotopic (exact) mass is 236 g/mol. The fourth-order valence-electron chi connectivity index (χ4n) is 2.61. The second kappa shape index (κ2) is 4.63. The maximum Gasteiger partial charge on any atom is 0.407 e. The number of fused-ring (bicyclic) bond motifs is 1. The van der Waals surface area contributed by atoms with E-state index in [1.54, 1.807) is 6.08 Å². The fourth-order valence-corrected chi connectivity index (χ4v) is 2.61. The molecule has 0 spiro atoms. The van der Waals surface area contributed by atoms with Crippen LogP contribution in [0.25, 0.3) is 0 Å². The average molecular weight is 236 g/mol. The van der Waals surface area contributed by atoms with Gasteiger partial charge in [-0.2, -0.15) is 0 Å². The summed E-state index contributed by atoms with van der Waals surface area (Å²) >= 11 is 0. The molecule has 5 heteroatoms. The lowest BCUT2D eigenvalue weighted by Gasteiger charge is -2.35. The van der Waals surface area contributed by atoms with Crippen LogP contribution in [0.1, 0.15) is 12.8 Å². The summed E-state index contributed by atoms with van der Waals surface area (Å²) < 4.78 is 0. The van der Waals surface area contributed by atoms with Crippen LogP contribution in [0.3, 0.4) is 0 Å². The van der Waals surface area contributed by atoms with Crippen molar-refractivity contribution >= 4 is 12.0 Å². The topological polar surface area (TPSA) is 60.9 Å². The molecule has 2 aliphatic rings. The summed E-state index contributed by atoms with van der Waals surface area (Å²) in [7, 11) is 0. The van der Waals surface area contributed by atoms with E-state index in [0.717, 1.165) is 6.42 Å². The molecule has 2 amide bonds.